The van der Waals surface area contributed by atoms with E-state index >= 15 is 0 Å². The summed E-state index contributed by atoms with van der Waals surface area (Å²) in [4.78, 5) is 11.8. The number of hydrogen-bond donors (Lipinski definition) is 2. The Morgan fingerprint density at radius 2 is 2.16 bits per heavy atom. The summed E-state index contributed by atoms with van der Waals surface area (Å²) >= 11 is 6.07. The third-order valence-corrected chi connectivity index (χ3v) is 4.21. The van der Waals surface area contributed by atoms with E-state index in [1.54, 1.807) is 0 Å². The van der Waals surface area contributed by atoms with Crippen molar-refractivity contribution in [2.45, 2.75) is 38.1 Å². The van der Waals surface area contributed by atoms with Gasteiger partial charge in [-0.15, -0.1) is 0 Å². The molecule has 0 bridgehead atoms. The smallest absolute Gasteiger partial charge is 0.220 e. The molecule has 0 heterocycles. The number of rotatable bonds is 5. The van der Waals surface area contributed by atoms with Crippen molar-refractivity contribution < 1.29 is 4.79 Å². The first-order chi connectivity index (χ1) is 9.16. The van der Waals surface area contributed by atoms with Crippen molar-refractivity contribution in [3.05, 3.63) is 34.9 Å². The van der Waals surface area contributed by atoms with Crippen LogP contribution in [-0.2, 0) is 11.2 Å². The monoisotopic (exact) mass is 280 g/mol. The maximum atomic E-state index is 11.8. The average Bonchev–Trinajstić information content (AvgIpc) is 2.77. The van der Waals surface area contributed by atoms with Crippen LogP contribution in [0.2, 0.25) is 5.02 Å². The van der Waals surface area contributed by atoms with Crippen molar-refractivity contribution in [1.82, 2.24) is 5.32 Å². The van der Waals surface area contributed by atoms with Gasteiger partial charge in [0.25, 0.3) is 0 Å². The molecule has 104 valence electrons. The summed E-state index contributed by atoms with van der Waals surface area (Å²) in [5.41, 5.74) is 7.04. The number of amides is 1. The number of nitrogens with one attached hydrogen (secondary N) is 1. The molecule has 1 aromatic carbocycles. The van der Waals surface area contributed by atoms with Crippen molar-refractivity contribution in [2.75, 3.05) is 6.54 Å². The van der Waals surface area contributed by atoms with E-state index in [1.807, 2.05) is 24.3 Å². The van der Waals surface area contributed by atoms with Gasteiger partial charge in [0.1, 0.15) is 0 Å². The van der Waals surface area contributed by atoms with Crippen LogP contribution in [0.5, 0.6) is 0 Å². The van der Waals surface area contributed by atoms with E-state index in [9.17, 15) is 4.79 Å². The van der Waals surface area contributed by atoms with E-state index in [0.29, 0.717) is 18.9 Å². The lowest BCUT2D eigenvalue weighted by Gasteiger charge is -2.14. The Balaban J connectivity index is 1.71. The normalized spacial score (nSPS) is 22.4. The molecule has 4 heteroatoms. The SMILES string of the molecule is N[C@@H]1CCC[C@H]1CC(=O)NCCc1ccccc1Cl. The zero-order valence-electron chi connectivity index (χ0n) is 11.1. The third kappa shape index (κ3) is 4.22. The van der Waals surface area contributed by atoms with Gasteiger partial charge in [0, 0.05) is 24.0 Å². The minimum Gasteiger partial charge on any atom is -0.356 e. The maximum absolute atomic E-state index is 11.8. The highest BCUT2D eigenvalue weighted by atomic mass is 35.5. The lowest BCUT2D eigenvalue weighted by molar-refractivity contribution is -0.122. The molecule has 1 saturated carbocycles. The molecule has 0 spiro atoms. The summed E-state index contributed by atoms with van der Waals surface area (Å²) < 4.78 is 0. The fourth-order valence-corrected chi connectivity index (χ4v) is 2.90. The van der Waals surface area contributed by atoms with Gasteiger partial charge < -0.3 is 11.1 Å². The van der Waals surface area contributed by atoms with E-state index in [0.717, 1.165) is 36.3 Å². The molecule has 2 rings (SSSR count). The second kappa shape index (κ2) is 6.92. The Morgan fingerprint density at radius 3 is 2.84 bits per heavy atom. The summed E-state index contributed by atoms with van der Waals surface area (Å²) in [5, 5.41) is 3.71. The van der Waals surface area contributed by atoms with Crippen LogP contribution in [0, 0.1) is 5.92 Å². The van der Waals surface area contributed by atoms with E-state index in [1.165, 1.54) is 0 Å². The molecule has 1 fully saturated rings. The minimum absolute atomic E-state index is 0.106. The van der Waals surface area contributed by atoms with Gasteiger partial charge in [0.15, 0.2) is 0 Å². The van der Waals surface area contributed by atoms with Gasteiger partial charge in [-0.05, 0) is 36.8 Å². The molecular formula is C15H21ClN2O. The predicted molar refractivity (Wildman–Crippen MR) is 78.1 cm³/mol. The van der Waals surface area contributed by atoms with Crippen LogP contribution in [0.4, 0.5) is 0 Å². The fourth-order valence-electron chi connectivity index (χ4n) is 2.67. The summed E-state index contributed by atoms with van der Waals surface area (Å²) in [7, 11) is 0. The second-order valence-electron chi connectivity index (χ2n) is 5.25. The molecule has 0 unspecified atom stereocenters. The van der Waals surface area contributed by atoms with Crippen LogP contribution in [0.3, 0.4) is 0 Å². The molecule has 0 saturated heterocycles. The highest BCUT2D eigenvalue weighted by Crippen LogP contribution is 2.26. The van der Waals surface area contributed by atoms with Crippen molar-refractivity contribution in [2.24, 2.45) is 11.7 Å². The zero-order chi connectivity index (χ0) is 13.7. The van der Waals surface area contributed by atoms with Gasteiger partial charge in [0.2, 0.25) is 5.91 Å². The van der Waals surface area contributed by atoms with Gasteiger partial charge in [-0.2, -0.15) is 0 Å². The number of hydrogen-bond acceptors (Lipinski definition) is 2. The molecule has 0 radical (unpaired) electrons. The van der Waals surface area contributed by atoms with E-state index in [4.69, 9.17) is 17.3 Å². The largest absolute Gasteiger partial charge is 0.356 e. The minimum atomic E-state index is 0.106. The summed E-state index contributed by atoms with van der Waals surface area (Å²) in [5.74, 6) is 0.467. The number of halogens is 1. The van der Waals surface area contributed by atoms with Crippen molar-refractivity contribution in [3.8, 4) is 0 Å². The average molecular weight is 281 g/mol. The fraction of sp³-hybridized carbons (Fsp3) is 0.533. The first-order valence-corrected chi connectivity index (χ1v) is 7.30. The van der Waals surface area contributed by atoms with Crippen molar-refractivity contribution >= 4 is 17.5 Å². The van der Waals surface area contributed by atoms with Crippen LogP contribution >= 0.6 is 11.6 Å². The lowest BCUT2D eigenvalue weighted by Crippen LogP contribution is -2.32. The first kappa shape index (κ1) is 14.4. The van der Waals surface area contributed by atoms with Gasteiger partial charge in [-0.3, -0.25) is 4.79 Å². The molecule has 1 aliphatic rings. The van der Waals surface area contributed by atoms with Crippen molar-refractivity contribution in [1.29, 1.82) is 0 Å². The number of carbonyl (C=O) groups is 1. The molecule has 19 heavy (non-hydrogen) atoms. The Labute approximate surface area is 119 Å². The van der Waals surface area contributed by atoms with Gasteiger partial charge in [-0.25, -0.2) is 0 Å². The van der Waals surface area contributed by atoms with Crippen LogP contribution < -0.4 is 11.1 Å². The number of carbonyl (C=O) groups excluding carboxylic acids is 1. The topological polar surface area (TPSA) is 55.1 Å². The lowest BCUT2D eigenvalue weighted by atomic mass is 10.00. The molecule has 1 aromatic rings. The van der Waals surface area contributed by atoms with E-state index < -0.39 is 0 Å². The predicted octanol–water partition coefficient (Wildman–Crippen LogP) is 2.52. The zero-order valence-corrected chi connectivity index (χ0v) is 11.8. The molecule has 0 aromatic heterocycles. The Hall–Kier alpha value is -1.06. The number of nitrogens with two attached hydrogens (primary N) is 1. The summed E-state index contributed by atoms with van der Waals surface area (Å²) in [6.45, 7) is 0.629. The van der Waals surface area contributed by atoms with Gasteiger partial charge in [0.05, 0.1) is 0 Å². The Kier molecular flexibility index (Phi) is 5.23. The van der Waals surface area contributed by atoms with E-state index in [-0.39, 0.29) is 11.9 Å². The van der Waals surface area contributed by atoms with Crippen LogP contribution in [0.25, 0.3) is 0 Å². The highest BCUT2D eigenvalue weighted by Gasteiger charge is 2.25. The molecule has 1 aliphatic carbocycles. The summed E-state index contributed by atoms with van der Waals surface area (Å²) in [6, 6.07) is 7.93. The first-order valence-electron chi connectivity index (χ1n) is 6.92. The van der Waals surface area contributed by atoms with Crippen LogP contribution in [-0.4, -0.2) is 18.5 Å². The van der Waals surface area contributed by atoms with Crippen molar-refractivity contribution in [3.63, 3.8) is 0 Å². The molecule has 3 N–H and O–H groups in total. The molecule has 2 atom stereocenters. The molecule has 0 aliphatic heterocycles. The Bertz CT molecular complexity index is 436. The van der Waals surface area contributed by atoms with Gasteiger partial charge >= 0.3 is 0 Å². The standard InChI is InChI=1S/C15H21ClN2O/c16-13-6-2-1-4-11(13)8-9-18-15(19)10-12-5-3-7-14(12)17/h1-2,4,6,12,14H,3,5,7-10,17H2,(H,18,19)/t12-,14+/m0/s1. The van der Waals surface area contributed by atoms with Crippen LogP contribution in [0.15, 0.2) is 24.3 Å². The third-order valence-electron chi connectivity index (χ3n) is 3.84. The number of benzene rings is 1. The molecule has 1 amide bonds. The van der Waals surface area contributed by atoms with Crippen LogP contribution in [0.1, 0.15) is 31.2 Å². The summed E-state index contributed by atoms with van der Waals surface area (Å²) in [6.07, 6.45) is 4.61. The maximum Gasteiger partial charge on any atom is 0.220 e. The Morgan fingerprint density at radius 1 is 1.37 bits per heavy atom. The quantitative estimate of drug-likeness (QED) is 0.871. The molecule has 3 nitrogen and oxygen atoms in total. The van der Waals surface area contributed by atoms with E-state index in [2.05, 4.69) is 5.32 Å². The molecular weight excluding hydrogens is 260 g/mol. The van der Waals surface area contributed by atoms with Gasteiger partial charge in [-0.1, -0.05) is 36.2 Å². The highest BCUT2D eigenvalue weighted by molar-refractivity contribution is 6.31. The second-order valence-corrected chi connectivity index (χ2v) is 5.66.